The number of hydrogen-bond acceptors (Lipinski definition) is 6. The van der Waals surface area contributed by atoms with Crippen LogP contribution in [0.5, 0.6) is 11.5 Å². The summed E-state index contributed by atoms with van der Waals surface area (Å²) in [5.74, 6) is 2.28. The second kappa shape index (κ2) is 15.3. The molecule has 32 heavy (non-hydrogen) atoms. The molecule has 0 aliphatic carbocycles. The molecular weight excluding hydrogens is 541 g/mol. The minimum Gasteiger partial charge on any atom is -0.490 e. The topological polar surface area (TPSA) is 73.3 Å². The molecule has 0 amide bonds. The van der Waals surface area contributed by atoms with Gasteiger partial charge in [-0.1, -0.05) is 6.92 Å². The van der Waals surface area contributed by atoms with E-state index < -0.39 is 0 Å². The molecular formula is C23H34IN3O4S. The van der Waals surface area contributed by atoms with E-state index >= 15 is 0 Å². The minimum atomic E-state index is 0. The second-order valence-corrected chi connectivity index (χ2v) is 8.36. The maximum Gasteiger partial charge on any atom is 0.196 e. The molecule has 178 valence electrons. The van der Waals surface area contributed by atoms with Gasteiger partial charge < -0.3 is 29.6 Å². The van der Waals surface area contributed by atoms with E-state index in [1.54, 1.807) is 7.11 Å². The van der Waals surface area contributed by atoms with Gasteiger partial charge in [0, 0.05) is 48.2 Å². The Bertz CT molecular complexity index is 831. The Kier molecular flexibility index (Phi) is 12.8. The van der Waals surface area contributed by atoms with E-state index in [-0.39, 0.29) is 24.0 Å². The quantitative estimate of drug-likeness (QED) is 0.175. The molecule has 0 bridgehead atoms. The number of benzene rings is 1. The van der Waals surface area contributed by atoms with Gasteiger partial charge in [-0.05, 0) is 37.1 Å². The predicted octanol–water partition coefficient (Wildman–Crippen LogP) is 4.70. The molecule has 0 radical (unpaired) electrons. The van der Waals surface area contributed by atoms with Gasteiger partial charge in [-0.25, -0.2) is 4.99 Å². The van der Waals surface area contributed by atoms with Crippen molar-refractivity contribution in [3.8, 4) is 11.5 Å². The highest BCUT2D eigenvalue weighted by Gasteiger charge is 2.11. The van der Waals surface area contributed by atoms with Crippen LogP contribution in [0.1, 0.15) is 29.5 Å². The summed E-state index contributed by atoms with van der Waals surface area (Å²) in [6.45, 7) is 6.82. The summed E-state index contributed by atoms with van der Waals surface area (Å²) in [5.41, 5.74) is 0.910. The van der Waals surface area contributed by atoms with Gasteiger partial charge in [0.15, 0.2) is 17.5 Å². The average molecular weight is 576 g/mol. The standard InChI is InChI=1S/C23H33N3O4S.HI/c1-3-19-7-8-20(31-19)17-25-23(24-10-4-11-28-15-14-27-2)26-18-6-9-21-22(16-18)30-13-5-12-29-21;/h6-9,16H,3-5,10-15,17H2,1-2H3,(H2,24,25,26);1H. The lowest BCUT2D eigenvalue weighted by molar-refractivity contribution is 0.0699. The number of anilines is 1. The van der Waals surface area contributed by atoms with Crippen molar-refractivity contribution in [1.29, 1.82) is 0 Å². The number of rotatable bonds is 11. The summed E-state index contributed by atoms with van der Waals surface area (Å²) in [7, 11) is 1.68. The number of thiophene rings is 1. The first-order chi connectivity index (χ1) is 15.3. The van der Waals surface area contributed by atoms with E-state index in [0.717, 1.165) is 49.0 Å². The van der Waals surface area contributed by atoms with Crippen molar-refractivity contribution < 1.29 is 18.9 Å². The molecule has 0 saturated carbocycles. The summed E-state index contributed by atoms with van der Waals surface area (Å²) < 4.78 is 22.1. The van der Waals surface area contributed by atoms with Crippen molar-refractivity contribution in [1.82, 2.24) is 5.32 Å². The van der Waals surface area contributed by atoms with Crippen LogP contribution in [0, 0.1) is 0 Å². The largest absolute Gasteiger partial charge is 0.490 e. The van der Waals surface area contributed by atoms with Crippen LogP contribution in [-0.2, 0) is 22.4 Å². The van der Waals surface area contributed by atoms with Crippen molar-refractivity contribution in [2.24, 2.45) is 4.99 Å². The van der Waals surface area contributed by atoms with E-state index in [1.807, 2.05) is 29.5 Å². The van der Waals surface area contributed by atoms with Crippen LogP contribution in [-0.4, -0.2) is 52.6 Å². The first kappa shape index (κ1) is 26.7. The molecule has 7 nitrogen and oxygen atoms in total. The smallest absolute Gasteiger partial charge is 0.196 e. The molecule has 2 aromatic rings. The van der Waals surface area contributed by atoms with Gasteiger partial charge in [0.25, 0.3) is 0 Å². The fourth-order valence-electron chi connectivity index (χ4n) is 3.00. The van der Waals surface area contributed by atoms with Crippen LogP contribution in [0.2, 0.25) is 0 Å². The van der Waals surface area contributed by atoms with Crippen LogP contribution in [0.15, 0.2) is 35.3 Å². The molecule has 2 heterocycles. The van der Waals surface area contributed by atoms with Gasteiger partial charge in [0.05, 0.1) is 33.0 Å². The van der Waals surface area contributed by atoms with Crippen LogP contribution in [0.25, 0.3) is 0 Å². The molecule has 1 aliphatic heterocycles. The number of nitrogens with one attached hydrogen (secondary N) is 2. The molecule has 9 heteroatoms. The number of halogens is 1. The number of ether oxygens (including phenoxy) is 4. The molecule has 0 unspecified atom stereocenters. The molecule has 0 atom stereocenters. The molecule has 1 aromatic carbocycles. The van der Waals surface area contributed by atoms with Crippen LogP contribution in [0.3, 0.4) is 0 Å². The Morgan fingerprint density at radius 2 is 1.88 bits per heavy atom. The van der Waals surface area contributed by atoms with E-state index in [9.17, 15) is 0 Å². The molecule has 0 saturated heterocycles. The third-order valence-electron chi connectivity index (χ3n) is 4.66. The van der Waals surface area contributed by atoms with E-state index in [2.05, 4.69) is 29.7 Å². The normalized spacial score (nSPS) is 13.2. The molecule has 1 aromatic heterocycles. The molecule has 0 fully saturated rings. The fraction of sp³-hybridized carbons (Fsp3) is 0.522. The summed E-state index contributed by atoms with van der Waals surface area (Å²) in [6.07, 6.45) is 2.82. The van der Waals surface area contributed by atoms with Gasteiger partial charge in [-0.15, -0.1) is 35.3 Å². The first-order valence-electron chi connectivity index (χ1n) is 10.9. The van der Waals surface area contributed by atoms with E-state index in [4.69, 9.17) is 23.9 Å². The van der Waals surface area contributed by atoms with Crippen molar-refractivity contribution in [3.05, 3.63) is 40.1 Å². The summed E-state index contributed by atoms with van der Waals surface area (Å²) in [4.78, 5) is 7.41. The van der Waals surface area contributed by atoms with Crippen LogP contribution in [0.4, 0.5) is 5.69 Å². The van der Waals surface area contributed by atoms with Crippen molar-refractivity contribution >= 4 is 47.0 Å². The Morgan fingerprint density at radius 1 is 1.06 bits per heavy atom. The van der Waals surface area contributed by atoms with Crippen molar-refractivity contribution in [3.63, 3.8) is 0 Å². The molecule has 3 rings (SSSR count). The second-order valence-electron chi connectivity index (χ2n) is 7.11. The third-order valence-corrected chi connectivity index (χ3v) is 5.87. The number of methoxy groups -OCH3 is 1. The zero-order chi connectivity index (χ0) is 21.7. The zero-order valence-corrected chi connectivity index (χ0v) is 22.0. The lowest BCUT2D eigenvalue weighted by Gasteiger charge is -2.14. The number of hydrogen-bond donors (Lipinski definition) is 2. The van der Waals surface area contributed by atoms with Crippen LogP contribution < -0.4 is 20.1 Å². The predicted molar refractivity (Wildman–Crippen MR) is 141 cm³/mol. The molecule has 2 N–H and O–H groups in total. The zero-order valence-electron chi connectivity index (χ0n) is 18.9. The monoisotopic (exact) mass is 575 g/mol. The van der Waals surface area contributed by atoms with Crippen LogP contribution >= 0.6 is 35.3 Å². The lowest BCUT2D eigenvalue weighted by atomic mass is 10.2. The third kappa shape index (κ3) is 9.13. The summed E-state index contributed by atoms with van der Waals surface area (Å²) in [6, 6.07) is 10.2. The fourth-order valence-corrected chi connectivity index (χ4v) is 3.88. The summed E-state index contributed by atoms with van der Waals surface area (Å²) in [5, 5.41) is 6.80. The summed E-state index contributed by atoms with van der Waals surface area (Å²) >= 11 is 1.81. The van der Waals surface area contributed by atoms with Crippen molar-refractivity contribution in [2.75, 3.05) is 52.0 Å². The molecule has 1 aliphatic rings. The van der Waals surface area contributed by atoms with Gasteiger partial charge in [-0.2, -0.15) is 0 Å². The SMILES string of the molecule is CCc1ccc(CN=C(NCCCOCCOC)Nc2ccc3c(c2)OCCCO3)s1.I. The van der Waals surface area contributed by atoms with Gasteiger partial charge in [-0.3, -0.25) is 0 Å². The van der Waals surface area contributed by atoms with Gasteiger partial charge in [0.1, 0.15) is 0 Å². The number of nitrogens with zero attached hydrogens (tertiary/aromatic N) is 1. The Hall–Kier alpha value is -1.56. The lowest BCUT2D eigenvalue weighted by Crippen LogP contribution is -2.32. The number of guanidine groups is 1. The highest BCUT2D eigenvalue weighted by atomic mass is 127. The maximum atomic E-state index is 5.81. The Balaban J connectivity index is 0.00000363. The van der Waals surface area contributed by atoms with Gasteiger partial charge >= 0.3 is 0 Å². The number of fused-ring (bicyclic) bond motifs is 1. The first-order valence-corrected chi connectivity index (χ1v) is 11.7. The molecule has 0 spiro atoms. The van der Waals surface area contributed by atoms with E-state index in [1.165, 1.54) is 9.75 Å². The number of aliphatic imine (C=N–C) groups is 1. The van der Waals surface area contributed by atoms with Crippen molar-refractivity contribution in [2.45, 2.75) is 32.7 Å². The van der Waals surface area contributed by atoms with E-state index in [0.29, 0.717) is 39.6 Å². The number of aryl methyl sites for hydroxylation is 1. The maximum absolute atomic E-state index is 5.81. The highest BCUT2D eigenvalue weighted by Crippen LogP contribution is 2.32. The highest BCUT2D eigenvalue weighted by molar-refractivity contribution is 14.0. The van der Waals surface area contributed by atoms with Gasteiger partial charge in [0.2, 0.25) is 0 Å². The average Bonchev–Trinajstić information content (AvgIpc) is 3.13. The Morgan fingerprint density at radius 3 is 2.66 bits per heavy atom. The minimum absolute atomic E-state index is 0. The Labute approximate surface area is 211 Å².